The summed E-state index contributed by atoms with van der Waals surface area (Å²) in [7, 11) is 0. The van der Waals surface area contributed by atoms with Crippen LogP contribution in [-0.2, 0) is 0 Å². The first-order valence-corrected chi connectivity index (χ1v) is 3.68. The standard InChI is InChI=1S/C8H11NO3/c1-6-4-7(5-12-6)8(11)9-2-3-10/h4-5,10H,2-3H2,1H3,(H,9,11). The second-order valence-electron chi connectivity index (χ2n) is 2.43. The maximum absolute atomic E-state index is 11.1. The fraction of sp³-hybridized carbons (Fsp3) is 0.375. The van der Waals surface area contributed by atoms with Crippen LogP contribution in [0.2, 0.25) is 0 Å². The number of carbonyl (C=O) groups excluding carboxylic acids is 1. The second-order valence-corrected chi connectivity index (χ2v) is 2.43. The molecule has 1 amide bonds. The summed E-state index contributed by atoms with van der Waals surface area (Å²) < 4.78 is 4.94. The minimum absolute atomic E-state index is 0.0530. The third-order valence-corrected chi connectivity index (χ3v) is 1.39. The van der Waals surface area contributed by atoms with Crippen molar-refractivity contribution in [1.29, 1.82) is 0 Å². The van der Waals surface area contributed by atoms with Gasteiger partial charge in [-0.15, -0.1) is 0 Å². The lowest BCUT2D eigenvalue weighted by atomic mass is 10.3. The molecule has 0 aromatic carbocycles. The highest BCUT2D eigenvalue weighted by molar-refractivity contribution is 5.93. The molecule has 4 nitrogen and oxygen atoms in total. The molecule has 2 N–H and O–H groups in total. The Hall–Kier alpha value is -1.29. The van der Waals surface area contributed by atoms with Crippen molar-refractivity contribution in [2.45, 2.75) is 6.92 Å². The maximum atomic E-state index is 11.1. The molecule has 0 aliphatic carbocycles. The number of carbonyl (C=O) groups is 1. The number of aliphatic hydroxyl groups is 1. The van der Waals surface area contributed by atoms with Crippen LogP contribution >= 0.6 is 0 Å². The van der Waals surface area contributed by atoms with Crippen LogP contribution in [0.1, 0.15) is 16.1 Å². The molecule has 0 saturated carbocycles. The number of aryl methyl sites for hydroxylation is 1. The van der Waals surface area contributed by atoms with E-state index in [4.69, 9.17) is 9.52 Å². The van der Waals surface area contributed by atoms with Crippen LogP contribution in [0.5, 0.6) is 0 Å². The van der Waals surface area contributed by atoms with Crippen LogP contribution < -0.4 is 5.32 Å². The molecule has 0 fully saturated rings. The van der Waals surface area contributed by atoms with Crippen molar-refractivity contribution in [2.24, 2.45) is 0 Å². The SMILES string of the molecule is Cc1cc(C(=O)NCCO)co1. The molecule has 0 unspecified atom stereocenters. The van der Waals surface area contributed by atoms with E-state index in [9.17, 15) is 4.79 Å². The summed E-state index contributed by atoms with van der Waals surface area (Å²) in [4.78, 5) is 11.1. The maximum Gasteiger partial charge on any atom is 0.254 e. The molecule has 0 spiro atoms. The van der Waals surface area contributed by atoms with E-state index in [2.05, 4.69) is 5.32 Å². The molecule has 0 radical (unpaired) electrons. The van der Waals surface area contributed by atoms with E-state index < -0.39 is 0 Å². The molecule has 66 valence electrons. The Morgan fingerprint density at radius 3 is 3.00 bits per heavy atom. The Bertz CT molecular complexity index is 267. The number of rotatable bonds is 3. The van der Waals surface area contributed by atoms with Crippen LogP contribution in [0.4, 0.5) is 0 Å². The quantitative estimate of drug-likeness (QED) is 0.684. The molecule has 0 bridgehead atoms. The summed E-state index contributed by atoms with van der Waals surface area (Å²) in [5, 5.41) is 10.9. The van der Waals surface area contributed by atoms with Crippen LogP contribution in [0, 0.1) is 6.92 Å². The zero-order valence-electron chi connectivity index (χ0n) is 6.83. The Kier molecular flexibility index (Phi) is 2.88. The van der Waals surface area contributed by atoms with Crippen molar-refractivity contribution < 1.29 is 14.3 Å². The highest BCUT2D eigenvalue weighted by Gasteiger charge is 2.06. The molecule has 1 aromatic heterocycles. The predicted octanol–water partition coefficient (Wildman–Crippen LogP) is 0.310. The number of hydrogen-bond donors (Lipinski definition) is 2. The lowest BCUT2D eigenvalue weighted by Gasteiger charge is -1.98. The minimum Gasteiger partial charge on any atom is -0.469 e. The first kappa shape index (κ1) is 8.80. The van der Waals surface area contributed by atoms with Gasteiger partial charge in [-0.2, -0.15) is 0 Å². The summed E-state index contributed by atoms with van der Waals surface area (Å²) in [5.74, 6) is 0.477. The third kappa shape index (κ3) is 2.10. The Morgan fingerprint density at radius 1 is 1.75 bits per heavy atom. The molecule has 0 aliphatic rings. The van der Waals surface area contributed by atoms with E-state index in [0.717, 1.165) is 0 Å². The van der Waals surface area contributed by atoms with Gasteiger partial charge in [0.15, 0.2) is 0 Å². The van der Waals surface area contributed by atoms with E-state index in [1.165, 1.54) is 6.26 Å². The molecule has 1 rings (SSSR count). The van der Waals surface area contributed by atoms with Crippen LogP contribution in [0.3, 0.4) is 0 Å². The lowest BCUT2D eigenvalue weighted by molar-refractivity contribution is 0.0944. The van der Waals surface area contributed by atoms with Crippen molar-refractivity contribution in [3.05, 3.63) is 23.7 Å². The molecular formula is C8H11NO3. The van der Waals surface area contributed by atoms with E-state index in [1.807, 2.05) is 0 Å². The van der Waals surface area contributed by atoms with Gasteiger partial charge in [-0.1, -0.05) is 0 Å². The van der Waals surface area contributed by atoms with Gasteiger partial charge in [-0.05, 0) is 13.0 Å². The molecule has 4 heteroatoms. The fourth-order valence-electron chi connectivity index (χ4n) is 0.834. The van der Waals surface area contributed by atoms with Crippen molar-refractivity contribution in [3.63, 3.8) is 0 Å². The van der Waals surface area contributed by atoms with Gasteiger partial charge in [0.25, 0.3) is 5.91 Å². The smallest absolute Gasteiger partial charge is 0.254 e. The van der Waals surface area contributed by atoms with E-state index in [-0.39, 0.29) is 19.1 Å². The first-order chi connectivity index (χ1) is 5.74. The van der Waals surface area contributed by atoms with Crippen molar-refractivity contribution in [1.82, 2.24) is 5.32 Å². The van der Waals surface area contributed by atoms with Crippen molar-refractivity contribution in [2.75, 3.05) is 13.2 Å². The van der Waals surface area contributed by atoms with Gasteiger partial charge >= 0.3 is 0 Å². The molecule has 0 saturated heterocycles. The predicted molar refractivity (Wildman–Crippen MR) is 42.9 cm³/mol. The molecular weight excluding hydrogens is 158 g/mol. The minimum atomic E-state index is -0.221. The van der Waals surface area contributed by atoms with E-state index in [0.29, 0.717) is 11.3 Å². The Labute approximate surface area is 70.2 Å². The van der Waals surface area contributed by atoms with Gasteiger partial charge in [-0.3, -0.25) is 4.79 Å². The molecule has 0 aliphatic heterocycles. The Balaban J connectivity index is 2.53. The monoisotopic (exact) mass is 169 g/mol. The Morgan fingerprint density at radius 2 is 2.50 bits per heavy atom. The summed E-state index contributed by atoms with van der Waals surface area (Å²) in [6.07, 6.45) is 1.39. The van der Waals surface area contributed by atoms with Gasteiger partial charge in [-0.25, -0.2) is 0 Å². The summed E-state index contributed by atoms with van der Waals surface area (Å²) >= 11 is 0. The summed E-state index contributed by atoms with van der Waals surface area (Å²) in [6.45, 7) is 1.98. The highest BCUT2D eigenvalue weighted by atomic mass is 16.3. The molecule has 1 aromatic rings. The van der Waals surface area contributed by atoms with Gasteiger partial charge in [0.2, 0.25) is 0 Å². The van der Waals surface area contributed by atoms with Gasteiger partial charge < -0.3 is 14.8 Å². The van der Waals surface area contributed by atoms with Crippen molar-refractivity contribution in [3.8, 4) is 0 Å². The van der Waals surface area contributed by atoms with Crippen LogP contribution in [0.25, 0.3) is 0 Å². The molecule has 12 heavy (non-hydrogen) atoms. The summed E-state index contributed by atoms with van der Waals surface area (Å²) in [5.41, 5.74) is 0.487. The normalized spacial score (nSPS) is 9.83. The number of nitrogens with one attached hydrogen (secondary N) is 1. The largest absolute Gasteiger partial charge is 0.469 e. The average Bonchev–Trinajstić information content (AvgIpc) is 2.47. The molecule has 0 atom stereocenters. The van der Waals surface area contributed by atoms with E-state index >= 15 is 0 Å². The second kappa shape index (κ2) is 3.92. The van der Waals surface area contributed by atoms with Crippen molar-refractivity contribution >= 4 is 5.91 Å². The number of aliphatic hydroxyl groups excluding tert-OH is 1. The fourth-order valence-corrected chi connectivity index (χ4v) is 0.834. The third-order valence-electron chi connectivity index (χ3n) is 1.39. The molecule has 1 heterocycles. The van der Waals surface area contributed by atoms with Gasteiger partial charge in [0.05, 0.1) is 12.2 Å². The zero-order chi connectivity index (χ0) is 8.97. The zero-order valence-corrected chi connectivity index (χ0v) is 6.83. The topological polar surface area (TPSA) is 62.5 Å². The first-order valence-electron chi connectivity index (χ1n) is 3.68. The van der Waals surface area contributed by atoms with Crippen LogP contribution in [0.15, 0.2) is 16.7 Å². The highest BCUT2D eigenvalue weighted by Crippen LogP contribution is 2.05. The van der Waals surface area contributed by atoms with Gasteiger partial charge in [0, 0.05) is 6.54 Å². The van der Waals surface area contributed by atoms with Crippen LogP contribution in [-0.4, -0.2) is 24.2 Å². The lowest BCUT2D eigenvalue weighted by Crippen LogP contribution is -2.25. The average molecular weight is 169 g/mol. The van der Waals surface area contributed by atoms with E-state index in [1.54, 1.807) is 13.0 Å². The van der Waals surface area contributed by atoms with Gasteiger partial charge in [0.1, 0.15) is 12.0 Å². The summed E-state index contributed by atoms with van der Waals surface area (Å²) in [6, 6.07) is 1.65. The number of hydrogen-bond acceptors (Lipinski definition) is 3. The number of furan rings is 1. The number of amides is 1.